The molecule has 1 aromatic heterocycles. The third-order valence-corrected chi connectivity index (χ3v) is 3.00. The van der Waals surface area contributed by atoms with E-state index in [1.54, 1.807) is 6.33 Å². The van der Waals surface area contributed by atoms with E-state index in [9.17, 15) is 0 Å². The van der Waals surface area contributed by atoms with Crippen LogP contribution in [0.15, 0.2) is 12.5 Å². The third-order valence-electron chi connectivity index (χ3n) is 3.00. The van der Waals surface area contributed by atoms with Gasteiger partial charge in [-0.2, -0.15) is 0 Å². The topological polar surface area (TPSA) is 28.7 Å². The Morgan fingerprint density at radius 2 is 1.87 bits per heavy atom. The van der Waals surface area contributed by atoms with E-state index in [2.05, 4.69) is 30.0 Å². The third kappa shape index (κ3) is 4.50. The zero-order chi connectivity index (χ0) is 10.9. The molecule has 1 N–H and O–H groups in total. The molecule has 0 aliphatic heterocycles. The van der Waals surface area contributed by atoms with Crippen molar-refractivity contribution in [1.29, 1.82) is 0 Å². The second-order valence-electron chi connectivity index (χ2n) is 4.33. The first-order valence-corrected chi connectivity index (χ1v) is 6.37. The molecule has 1 aromatic rings. The fraction of sp³-hybridized carbons (Fsp3) is 0.769. The van der Waals surface area contributed by atoms with Gasteiger partial charge in [0.15, 0.2) is 0 Å². The summed E-state index contributed by atoms with van der Waals surface area (Å²) in [7, 11) is 0. The number of imidazole rings is 1. The normalized spacial score (nSPS) is 12.9. The predicted molar refractivity (Wildman–Crippen MR) is 65.0 cm³/mol. The van der Waals surface area contributed by atoms with Crippen molar-refractivity contribution in [3.05, 3.63) is 18.2 Å². The predicted octanol–water partition coefficient (Wildman–Crippen LogP) is 4.26. The molecule has 0 aromatic carbocycles. The quantitative estimate of drug-likeness (QED) is 0.635. The number of nitrogens with one attached hydrogen (secondary N) is 1. The van der Waals surface area contributed by atoms with E-state index in [-0.39, 0.29) is 0 Å². The number of hydrogen-bond acceptors (Lipinski definition) is 1. The zero-order valence-corrected chi connectivity index (χ0v) is 10.1. The summed E-state index contributed by atoms with van der Waals surface area (Å²) < 4.78 is 0. The van der Waals surface area contributed by atoms with E-state index in [0.717, 1.165) is 0 Å². The van der Waals surface area contributed by atoms with Gasteiger partial charge in [0.2, 0.25) is 0 Å². The van der Waals surface area contributed by atoms with E-state index in [4.69, 9.17) is 0 Å². The second-order valence-corrected chi connectivity index (χ2v) is 4.33. The molecule has 0 aliphatic carbocycles. The van der Waals surface area contributed by atoms with Crippen LogP contribution in [0.25, 0.3) is 0 Å². The van der Waals surface area contributed by atoms with Gasteiger partial charge in [0.1, 0.15) is 0 Å². The van der Waals surface area contributed by atoms with E-state index < -0.39 is 0 Å². The maximum atomic E-state index is 4.39. The molecule has 1 heterocycles. The summed E-state index contributed by atoms with van der Waals surface area (Å²) in [6, 6.07) is 0. The van der Waals surface area contributed by atoms with Gasteiger partial charge in [-0.25, -0.2) is 4.98 Å². The number of hydrogen-bond donors (Lipinski definition) is 1. The molecule has 1 unspecified atom stereocenters. The van der Waals surface area contributed by atoms with Crippen molar-refractivity contribution in [2.75, 3.05) is 0 Å². The summed E-state index contributed by atoms with van der Waals surface area (Å²) >= 11 is 0. The maximum Gasteiger partial charge on any atom is 0.0923 e. The SMILES string of the molecule is CCCCCC(CCCC)c1c[nH]cn1. The van der Waals surface area contributed by atoms with Crippen LogP contribution < -0.4 is 0 Å². The minimum absolute atomic E-state index is 0.683. The van der Waals surface area contributed by atoms with Crippen molar-refractivity contribution in [2.45, 2.75) is 64.7 Å². The molecule has 0 radical (unpaired) electrons. The Balaban J connectivity index is 2.39. The second kappa shape index (κ2) is 7.49. The van der Waals surface area contributed by atoms with Crippen molar-refractivity contribution >= 4 is 0 Å². The Hall–Kier alpha value is -0.790. The molecule has 0 amide bonds. The lowest BCUT2D eigenvalue weighted by Gasteiger charge is -2.13. The van der Waals surface area contributed by atoms with Crippen LogP contribution in [0.1, 0.15) is 70.4 Å². The van der Waals surface area contributed by atoms with Crippen molar-refractivity contribution in [3.63, 3.8) is 0 Å². The molecule has 0 spiro atoms. The molecule has 0 aliphatic rings. The maximum absolute atomic E-state index is 4.39. The largest absolute Gasteiger partial charge is 0.351 e. The molecule has 0 saturated carbocycles. The number of rotatable bonds is 8. The van der Waals surface area contributed by atoms with Crippen molar-refractivity contribution in [3.8, 4) is 0 Å². The fourth-order valence-corrected chi connectivity index (χ4v) is 2.03. The lowest BCUT2D eigenvalue weighted by atomic mass is 9.93. The summed E-state index contributed by atoms with van der Waals surface area (Å²) in [6.07, 6.45) is 13.1. The van der Waals surface area contributed by atoms with Crippen LogP contribution in [-0.4, -0.2) is 9.97 Å². The Kier molecular flexibility index (Phi) is 6.14. The molecule has 2 nitrogen and oxygen atoms in total. The Bertz CT molecular complexity index is 229. The van der Waals surface area contributed by atoms with Gasteiger partial charge in [-0.15, -0.1) is 0 Å². The Morgan fingerprint density at radius 1 is 1.13 bits per heavy atom. The molecule has 15 heavy (non-hydrogen) atoms. The molecule has 0 saturated heterocycles. The standard InChI is InChI=1S/C13H24N2/c1-3-5-7-9-12(8-6-4-2)13-10-14-11-15-13/h10-12H,3-9H2,1-2H3,(H,14,15). The zero-order valence-electron chi connectivity index (χ0n) is 10.1. The summed E-state index contributed by atoms with van der Waals surface area (Å²) in [6.45, 7) is 4.52. The number of aromatic amines is 1. The fourth-order valence-electron chi connectivity index (χ4n) is 2.03. The molecule has 0 fully saturated rings. The highest BCUT2D eigenvalue weighted by molar-refractivity contribution is 5.02. The molecule has 1 atom stereocenters. The van der Waals surface area contributed by atoms with Crippen molar-refractivity contribution < 1.29 is 0 Å². The lowest BCUT2D eigenvalue weighted by Crippen LogP contribution is -1.99. The van der Waals surface area contributed by atoms with Gasteiger partial charge in [0.25, 0.3) is 0 Å². The number of H-pyrrole nitrogens is 1. The van der Waals surface area contributed by atoms with E-state index >= 15 is 0 Å². The van der Waals surface area contributed by atoms with Gasteiger partial charge in [-0.3, -0.25) is 0 Å². The first-order chi connectivity index (χ1) is 7.38. The summed E-state index contributed by atoms with van der Waals surface area (Å²) in [4.78, 5) is 7.46. The highest BCUT2D eigenvalue weighted by Crippen LogP contribution is 2.25. The monoisotopic (exact) mass is 208 g/mol. The van der Waals surface area contributed by atoms with Crippen LogP contribution >= 0.6 is 0 Å². The van der Waals surface area contributed by atoms with E-state index in [1.165, 1.54) is 50.6 Å². The minimum Gasteiger partial charge on any atom is -0.351 e. The lowest BCUT2D eigenvalue weighted by molar-refractivity contribution is 0.507. The van der Waals surface area contributed by atoms with Crippen LogP contribution in [-0.2, 0) is 0 Å². The smallest absolute Gasteiger partial charge is 0.0923 e. The summed E-state index contributed by atoms with van der Waals surface area (Å²) in [5, 5.41) is 0. The van der Waals surface area contributed by atoms with Crippen LogP contribution in [0.5, 0.6) is 0 Å². The first kappa shape index (κ1) is 12.3. The van der Waals surface area contributed by atoms with Crippen LogP contribution in [0.2, 0.25) is 0 Å². The minimum atomic E-state index is 0.683. The van der Waals surface area contributed by atoms with Gasteiger partial charge in [0.05, 0.1) is 12.0 Å². The molecular formula is C13H24N2. The van der Waals surface area contributed by atoms with Gasteiger partial charge in [0, 0.05) is 12.1 Å². The highest BCUT2D eigenvalue weighted by atomic mass is 14.9. The molecular weight excluding hydrogens is 184 g/mol. The average Bonchev–Trinajstić information content (AvgIpc) is 2.76. The highest BCUT2D eigenvalue weighted by Gasteiger charge is 2.12. The van der Waals surface area contributed by atoms with E-state index in [1.807, 2.05) is 0 Å². The number of aromatic nitrogens is 2. The van der Waals surface area contributed by atoms with Crippen molar-refractivity contribution in [2.24, 2.45) is 0 Å². The molecule has 1 rings (SSSR count). The Morgan fingerprint density at radius 3 is 2.47 bits per heavy atom. The summed E-state index contributed by atoms with van der Waals surface area (Å²) in [5.74, 6) is 0.683. The molecule has 0 bridgehead atoms. The van der Waals surface area contributed by atoms with Crippen LogP contribution in [0.4, 0.5) is 0 Å². The Labute approximate surface area is 93.5 Å². The van der Waals surface area contributed by atoms with E-state index in [0.29, 0.717) is 5.92 Å². The molecule has 2 heteroatoms. The number of nitrogens with zero attached hydrogens (tertiary/aromatic N) is 1. The number of unbranched alkanes of at least 4 members (excludes halogenated alkanes) is 3. The van der Waals surface area contributed by atoms with Crippen LogP contribution in [0.3, 0.4) is 0 Å². The average molecular weight is 208 g/mol. The van der Waals surface area contributed by atoms with Crippen LogP contribution in [0, 0.1) is 0 Å². The van der Waals surface area contributed by atoms with Gasteiger partial charge < -0.3 is 4.98 Å². The summed E-state index contributed by atoms with van der Waals surface area (Å²) in [5.41, 5.74) is 1.26. The first-order valence-electron chi connectivity index (χ1n) is 6.37. The van der Waals surface area contributed by atoms with Gasteiger partial charge >= 0.3 is 0 Å². The molecule has 86 valence electrons. The van der Waals surface area contributed by atoms with Gasteiger partial charge in [-0.1, -0.05) is 46.0 Å². The van der Waals surface area contributed by atoms with Gasteiger partial charge in [-0.05, 0) is 12.8 Å². The van der Waals surface area contributed by atoms with Crippen molar-refractivity contribution in [1.82, 2.24) is 9.97 Å².